The molecule has 3 N–H and O–H groups in total. The Kier molecular flexibility index (Phi) is 9.30. The molecule has 36 heavy (non-hydrogen) atoms. The number of nitrogens with zero attached hydrogens (tertiary/aromatic N) is 3. The molecule has 12 nitrogen and oxygen atoms in total. The number of carbonyl (C=O) groups is 3. The molecule has 0 radical (unpaired) electrons. The molecule has 2 amide bonds. The fourth-order valence-electron chi connectivity index (χ4n) is 4.50. The van der Waals surface area contributed by atoms with E-state index in [1.165, 1.54) is 35.5 Å². The van der Waals surface area contributed by atoms with Crippen LogP contribution in [0.1, 0.15) is 26.0 Å². The molecule has 4 heterocycles. The Hall–Kier alpha value is -1.07. The number of rotatable bonds is 7. The zero-order valence-electron chi connectivity index (χ0n) is 20.5. The van der Waals surface area contributed by atoms with Gasteiger partial charge in [-0.2, -0.15) is 0 Å². The van der Waals surface area contributed by atoms with Crippen molar-refractivity contribution in [2.24, 2.45) is 10.6 Å². The summed E-state index contributed by atoms with van der Waals surface area (Å²) in [7, 11) is 1.29. The summed E-state index contributed by atoms with van der Waals surface area (Å²) in [6.07, 6.45) is 1.45. The maximum atomic E-state index is 13.1. The third-order valence-corrected chi connectivity index (χ3v) is 10.0. The van der Waals surface area contributed by atoms with Gasteiger partial charge < -0.3 is 40.2 Å². The SMILES string of the molecule is CON=C(C(=O)NC1C(=O)N2CC(C(=O)[O-])(C3CCOC(C)(C)O3)C(SC)S[C@H]12)c1csc(N)n1.[Na+]. The van der Waals surface area contributed by atoms with E-state index in [-0.39, 0.29) is 52.6 Å². The van der Waals surface area contributed by atoms with Crippen LogP contribution in [-0.4, -0.2) is 87.8 Å². The molecule has 16 heteroatoms. The summed E-state index contributed by atoms with van der Waals surface area (Å²) in [5, 5.41) is 20.4. The molecule has 3 fully saturated rings. The van der Waals surface area contributed by atoms with Gasteiger partial charge in [0, 0.05) is 11.9 Å². The summed E-state index contributed by atoms with van der Waals surface area (Å²) < 4.78 is 11.1. The summed E-state index contributed by atoms with van der Waals surface area (Å²) in [5.74, 6) is -3.28. The second kappa shape index (κ2) is 11.4. The van der Waals surface area contributed by atoms with Crippen molar-refractivity contribution < 1.29 is 63.4 Å². The van der Waals surface area contributed by atoms with Crippen molar-refractivity contribution >= 4 is 63.5 Å². The number of fused-ring (bicyclic) bond motifs is 1. The van der Waals surface area contributed by atoms with Gasteiger partial charge in [-0.3, -0.25) is 9.59 Å². The Morgan fingerprint density at radius 2 is 2.17 bits per heavy atom. The molecule has 1 aromatic rings. The van der Waals surface area contributed by atoms with E-state index in [9.17, 15) is 19.5 Å². The molecule has 0 aromatic carbocycles. The normalized spacial score (nSPS) is 31.5. The Bertz CT molecular complexity index is 1060. The number of hydrogen-bond donors (Lipinski definition) is 2. The molecule has 5 atom stereocenters. The van der Waals surface area contributed by atoms with Gasteiger partial charge in [0.1, 0.15) is 24.2 Å². The molecule has 3 saturated heterocycles. The average Bonchev–Trinajstić information content (AvgIpc) is 3.24. The molecule has 192 valence electrons. The molecule has 4 rings (SSSR count). The van der Waals surface area contributed by atoms with E-state index in [0.29, 0.717) is 13.0 Å². The minimum absolute atomic E-state index is 0. The Morgan fingerprint density at radius 1 is 1.44 bits per heavy atom. The molecule has 3 aliphatic rings. The third kappa shape index (κ3) is 5.25. The van der Waals surface area contributed by atoms with Crippen molar-refractivity contribution in [1.29, 1.82) is 0 Å². The number of aromatic nitrogens is 1. The second-order valence-corrected chi connectivity index (χ2v) is 12.0. The molecule has 0 aliphatic carbocycles. The number of nitrogens with one attached hydrogen (secondary N) is 1. The first-order valence-corrected chi connectivity index (χ1v) is 13.8. The van der Waals surface area contributed by atoms with Crippen molar-refractivity contribution in [3.63, 3.8) is 0 Å². The van der Waals surface area contributed by atoms with Crippen LogP contribution in [0, 0.1) is 5.41 Å². The van der Waals surface area contributed by atoms with Gasteiger partial charge in [-0.05, 0) is 26.5 Å². The topological polar surface area (TPSA) is 168 Å². The first kappa shape index (κ1) is 29.5. The standard InChI is InChI=1S/C20H27N5O7S3.Na/c1-19(2)31-6-5-10(32-19)20(16(28)29)8-25-14(27)12(15(25)35-17(20)33-4)23-13(26)11(24-30-3)9-7-34-18(21)22-9;/h7,10,12,15,17H,5-6,8H2,1-4H3,(H2,21,22)(H,23,26)(H,28,29);/q;+1/p-1/t10?,12?,15-,17?,20?;/m1./s1. The minimum Gasteiger partial charge on any atom is -0.549 e. The number of thioether (sulfide) groups is 2. The van der Waals surface area contributed by atoms with Gasteiger partial charge in [0.05, 0.1) is 28.7 Å². The number of ether oxygens (including phenoxy) is 2. The van der Waals surface area contributed by atoms with Gasteiger partial charge in [-0.15, -0.1) is 34.9 Å². The Labute approximate surface area is 242 Å². The smallest absolute Gasteiger partial charge is 0.549 e. The van der Waals surface area contributed by atoms with Crippen molar-refractivity contribution in [3.05, 3.63) is 11.1 Å². The fraction of sp³-hybridized carbons (Fsp3) is 0.650. The van der Waals surface area contributed by atoms with Gasteiger partial charge in [-0.1, -0.05) is 5.16 Å². The fourth-order valence-corrected chi connectivity index (χ4v) is 8.07. The van der Waals surface area contributed by atoms with Crippen LogP contribution in [-0.2, 0) is 28.7 Å². The van der Waals surface area contributed by atoms with E-state index >= 15 is 0 Å². The molecule has 0 spiro atoms. The summed E-state index contributed by atoms with van der Waals surface area (Å²) in [5.41, 5.74) is 4.32. The Morgan fingerprint density at radius 3 is 2.72 bits per heavy atom. The quantitative estimate of drug-likeness (QED) is 0.145. The van der Waals surface area contributed by atoms with E-state index in [4.69, 9.17) is 20.0 Å². The van der Waals surface area contributed by atoms with Crippen molar-refractivity contribution in [3.8, 4) is 0 Å². The number of hydrogen-bond acceptors (Lipinski definition) is 13. The number of thiazole rings is 1. The largest absolute Gasteiger partial charge is 1.00 e. The van der Waals surface area contributed by atoms with Crippen molar-refractivity contribution in [1.82, 2.24) is 15.2 Å². The number of nitrogen functional groups attached to an aromatic ring is 1. The predicted octanol–water partition coefficient (Wildman–Crippen LogP) is -3.55. The number of β-lactam (4-membered cyclic amide) rings is 1. The van der Waals surface area contributed by atoms with Crippen molar-refractivity contribution in [2.45, 2.75) is 48.2 Å². The van der Waals surface area contributed by atoms with Gasteiger partial charge in [0.2, 0.25) is 5.91 Å². The van der Waals surface area contributed by atoms with E-state index in [0.717, 1.165) is 11.3 Å². The van der Waals surface area contributed by atoms with Crippen LogP contribution < -0.4 is 45.7 Å². The second-order valence-electron chi connectivity index (χ2n) is 8.68. The number of amides is 2. The summed E-state index contributed by atoms with van der Waals surface area (Å²) in [6, 6.07) is -0.869. The van der Waals surface area contributed by atoms with Gasteiger partial charge in [0.15, 0.2) is 16.6 Å². The monoisotopic (exact) mass is 567 g/mol. The first-order chi connectivity index (χ1) is 16.5. The number of carbonyl (C=O) groups excluding carboxylic acids is 3. The maximum absolute atomic E-state index is 13.1. The summed E-state index contributed by atoms with van der Waals surface area (Å²) in [4.78, 5) is 48.9. The van der Waals surface area contributed by atoms with E-state index in [1.807, 2.05) is 0 Å². The molecular formula is C20H26N5NaO7S3. The van der Waals surface area contributed by atoms with Crippen LogP contribution in [0.3, 0.4) is 0 Å². The molecular weight excluding hydrogens is 541 g/mol. The van der Waals surface area contributed by atoms with E-state index in [2.05, 4.69) is 15.5 Å². The predicted molar refractivity (Wildman–Crippen MR) is 129 cm³/mol. The summed E-state index contributed by atoms with van der Waals surface area (Å²) >= 11 is 3.79. The maximum Gasteiger partial charge on any atom is 1.00 e. The van der Waals surface area contributed by atoms with Crippen molar-refractivity contribution in [2.75, 3.05) is 32.3 Å². The van der Waals surface area contributed by atoms with E-state index < -0.39 is 51.1 Å². The van der Waals surface area contributed by atoms with Crippen LogP contribution in [0.25, 0.3) is 0 Å². The van der Waals surface area contributed by atoms with Crippen LogP contribution >= 0.6 is 34.9 Å². The van der Waals surface area contributed by atoms with Gasteiger partial charge in [-0.25, -0.2) is 4.98 Å². The minimum atomic E-state index is -1.45. The molecule has 1 aromatic heterocycles. The van der Waals surface area contributed by atoms with E-state index in [1.54, 1.807) is 25.5 Å². The van der Waals surface area contributed by atoms with Gasteiger partial charge >= 0.3 is 29.6 Å². The summed E-state index contributed by atoms with van der Waals surface area (Å²) in [6.45, 7) is 3.69. The van der Waals surface area contributed by atoms with Crippen LogP contribution in [0.2, 0.25) is 0 Å². The number of aliphatic carboxylic acids is 1. The number of carboxylic acids is 1. The van der Waals surface area contributed by atoms with Crippen LogP contribution in [0.15, 0.2) is 10.5 Å². The number of anilines is 1. The number of nitrogens with two attached hydrogens (primary N) is 1. The first-order valence-electron chi connectivity index (χ1n) is 10.7. The zero-order valence-corrected chi connectivity index (χ0v) is 25.0. The number of carboxylic acid groups (broad SMARTS) is 1. The number of oxime groups is 1. The molecule has 3 aliphatic heterocycles. The Balaban J connectivity index is 0.00000361. The van der Waals surface area contributed by atoms with Gasteiger partial charge in [0.25, 0.3) is 5.91 Å². The average molecular weight is 568 g/mol. The molecule has 0 bridgehead atoms. The zero-order chi connectivity index (χ0) is 25.5. The van der Waals surface area contributed by atoms with Crippen LogP contribution in [0.4, 0.5) is 5.13 Å². The third-order valence-electron chi connectivity index (χ3n) is 6.13. The molecule has 4 unspecified atom stereocenters. The molecule has 0 saturated carbocycles. The van der Waals surface area contributed by atoms with Crippen LogP contribution in [0.5, 0.6) is 0 Å².